The second-order valence-electron chi connectivity index (χ2n) is 13.6. The molecule has 12 rings (SSSR count). The van der Waals surface area contributed by atoms with Gasteiger partial charge in [-0.2, -0.15) is 0 Å². The molecule has 0 saturated heterocycles. The summed E-state index contributed by atoms with van der Waals surface area (Å²) in [5.74, 6) is 1.91. The molecule has 3 aromatic heterocycles. The third kappa shape index (κ3) is 3.74. The highest BCUT2D eigenvalue weighted by atomic mass is 16.3. The van der Waals surface area contributed by atoms with Crippen LogP contribution in [0.1, 0.15) is 0 Å². The molecule has 0 N–H and O–H groups in total. The Kier molecular flexibility index (Phi) is 5.44. The topological polar surface area (TPSA) is 56.7 Å². The van der Waals surface area contributed by atoms with Crippen molar-refractivity contribution in [1.29, 1.82) is 0 Å². The van der Waals surface area contributed by atoms with Gasteiger partial charge in [-0.25, -0.2) is 15.0 Å². The number of aromatic nitrogens is 4. The number of rotatable bonds is 4. The van der Waals surface area contributed by atoms with Crippen LogP contribution in [0.5, 0.6) is 0 Å². The zero-order chi connectivity index (χ0) is 33.9. The van der Waals surface area contributed by atoms with Crippen LogP contribution in [0.25, 0.3) is 116 Å². The van der Waals surface area contributed by atoms with Crippen molar-refractivity contribution in [3.63, 3.8) is 0 Å². The zero-order valence-corrected chi connectivity index (χ0v) is 27.7. The minimum Gasteiger partial charge on any atom is -0.456 e. The van der Waals surface area contributed by atoms with E-state index < -0.39 is 0 Å². The van der Waals surface area contributed by atoms with E-state index in [2.05, 4.69) is 95.6 Å². The van der Waals surface area contributed by atoms with Crippen LogP contribution in [0.4, 0.5) is 0 Å². The average Bonchev–Trinajstić information content (AvgIpc) is 3.76. The molecule has 12 aromatic rings. The molecule has 9 aromatic carbocycles. The van der Waals surface area contributed by atoms with Crippen molar-refractivity contribution in [2.75, 3.05) is 0 Å². The minimum absolute atomic E-state index is 0.625. The molecule has 0 unspecified atom stereocenters. The van der Waals surface area contributed by atoms with Crippen LogP contribution >= 0.6 is 0 Å². The summed E-state index contributed by atoms with van der Waals surface area (Å²) in [6, 6.07) is 55.2. The third-order valence-electron chi connectivity index (χ3n) is 10.7. The second-order valence-corrected chi connectivity index (χ2v) is 13.6. The lowest BCUT2D eigenvalue weighted by Gasteiger charge is -2.14. The van der Waals surface area contributed by atoms with Crippen LogP contribution in [0.2, 0.25) is 0 Å². The summed E-state index contributed by atoms with van der Waals surface area (Å²) in [5.41, 5.74) is 7.88. The summed E-state index contributed by atoms with van der Waals surface area (Å²) in [6.07, 6.45) is 0. The lowest BCUT2D eigenvalue weighted by molar-refractivity contribution is 0.669. The Morgan fingerprint density at radius 1 is 0.365 bits per heavy atom. The predicted molar refractivity (Wildman–Crippen MR) is 213 cm³/mol. The van der Waals surface area contributed by atoms with E-state index in [9.17, 15) is 0 Å². The molecular formula is C47H26N4O. The average molecular weight is 663 g/mol. The standard InChI is InChI=1S/C47H26N4O/c1-3-11-29(12-4-1)45-48-46(30-13-5-2-6-14-30)50-47(49-45)31-16-9-17-32(25-31)51-35-24-23-28-22-21-27-15-10-19-34-39(27)40(28)43(35)44-36(51)26-38-41(42(34)44)33-18-7-8-20-37(33)52-38/h1-26H. The quantitative estimate of drug-likeness (QED) is 0.139. The van der Waals surface area contributed by atoms with E-state index in [0.29, 0.717) is 17.5 Å². The number of fused-ring (bicyclic) bond motifs is 5. The van der Waals surface area contributed by atoms with Crippen LogP contribution in [0.15, 0.2) is 162 Å². The molecule has 52 heavy (non-hydrogen) atoms. The molecule has 0 saturated carbocycles. The maximum atomic E-state index is 6.64. The maximum absolute atomic E-state index is 6.64. The van der Waals surface area contributed by atoms with Crippen molar-refractivity contribution < 1.29 is 4.42 Å². The van der Waals surface area contributed by atoms with Crippen LogP contribution in [-0.4, -0.2) is 19.5 Å². The van der Waals surface area contributed by atoms with Crippen molar-refractivity contribution in [2.45, 2.75) is 0 Å². The van der Waals surface area contributed by atoms with E-state index in [1.165, 1.54) is 48.5 Å². The first-order chi connectivity index (χ1) is 25.8. The lowest BCUT2D eigenvalue weighted by atomic mass is 9.88. The summed E-state index contributed by atoms with van der Waals surface area (Å²) in [4.78, 5) is 15.0. The SMILES string of the molecule is c1ccc(-c2nc(-c3ccccc3)nc(-c3cccc(-n4c5ccc6ccc7cccc8c7c6c5c5c8c6c(cc54)oc4ccccc46)c3)n2)cc1. The van der Waals surface area contributed by atoms with Gasteiger partial charge in [-0.05, 0) is 45.8 Å². The predicted octanol–water partition coefficient (Wildman–Crippen LogP) is 12.2. The van der Waals surface area contributed by atoms with Gasteiger partial charge >= 0.3 is 0 Å². The summed E-state index contributed by atoms with van der Waals surface area (Å²) in [7, 11) is 0. The van der Waals surface area contributed by atoms with Crippen LogP contribution in [0.3, 0.4) is 0 Å². The first kappa shape index (κ1) is 27.7. The Balaban J connectivity index is 1.18. The van der Waals surface area contributed by atoms with E-state index >= 15 is 0 Å². The molecule has 0 aliphatic rings. The molecule has 5 nitrogen and oxygen atoms in total. The van der Waals surface area contributed by atoms with Crippen molar-refractivity contribution in [1.82, 2.24) is 19.5 Å². The second kappa shape index (κ2) is 10.2. The number of hydrogen-bond donors (Lipinski definition) is 0. The fourth-order valence-electron chi connectivity index (χ4n) is 8.53. The van der Waals surface area contributed by atoms with Gasteiger partial charge in [0.2, 0.25) is 0 Å². The molecule has 0 fully saturated rings. The van der Waals surface area contributed by atoms with Crippen molar-refractivity contribution in [3.8, 4) is 39.9 Å². The van der Waals surface area contributed by atoms with Gasteiger partial charge in [0.05, 0.1) is 11.0 Å². The molecule has 240 valence electrons. The Labute approximate surface area is 296 Å². The zero-order valence-electron chi connectivity index (χ0n) is 27.7. The van der Waals surface area contributed by atoms with E-state index in [1.54, 1.807) is 0 Å². The lowest BCUT2D eigenvalue weighted by Crippen LogP contribution is -2.01. The van der Waals surface area contributed by atoms with Crippen LogP contribution in [0, 0.1) is 0 Å². The van der Waals surface area contributed by atoms with Gasteiger partial charge in [-0.1, -0.05) is 127 Å². The Morgan fingerprint density at radius 2 is 0.962 bits per heavy atom. The molecular weight excluding hydrogens is 637 g/mol. The Morgan fingerprint density at radius 3 is 1.73 bits per heavy atom. The monoisotopic (exact) mass is 662 g/mol. The smallest absolute Gasteiger partial charge is 0.164 e. The van der Waals surface area contributed by atoms with Gasteiger partial charge in [0, 0.05) is 60.8 Å². The molecule has 0 aliphatic carbocycles. The first-order valence-electron chi connectivity index (χ1n) is 17.5. The van der Waals surface area contributed by atoms with Gasteiger partial charge in [-0.15, -0.1) is 0 Å². The summed E-state index contributed by atoms with van der Waals surface area (Å²) in [5, 5.41) is 12.4. The number of hydrogen-bond acceptors (Lipinski definition) is 4. The van der Waals surface area contributed by atoms with Gasteiger partial charge in [-0.3, -0.25) is 0 Å². The van der Waals surface area contributed by atoms with Gasteiger partial charge in [0.15, 0.2) is 17.5 Å². The molecule has 0 bridgehead atoms. The van der Waals surface area contributed by atoms with E-state index in [1.807, 2.05) is 66.7 Å². The Hall–Kier alpha value is -7.11. The molecule has 0 radical (unpaired) electrons. The van der Waals surface area contributed by atoms with Crippen LogP contribution < -0.4 is 0 Å². The van der Waals surface area contributed by atoms with E-state index in [-0.39, 0.29) is 0 Å². The molecule has 0 amide bonds. The number of furan rings is 1. The summed E-state index contributed by atoms with van der Waals surface area (Å²) in [6.45, 7) is 0. The highest BCUT2D eigenvalue weighted by molar-refractivity contribution is 6.45. The minimum atomic E-state index is 0.625. The molecule has 5 heteroatoms. The summed E-state index contributed by atoms with van der Waals surface area (Å²) >= 11 is 0. The third-order valence-corrected chi connectivity index (χ3v) is 10.7. The largest absolute Gasteiger partial charge is 0.456 e. The maximum Gasteiger partial charge on any atom is 0.164 e. The van der Waals surface area contributed by atoms with E-state index in [4.69, 9.17) is 19.4 Å². The number of benzene rings is 9. The highest BCUT2D eigenvalue weighted by Crippen LogP contribution is 2.50. The normalized spacial score (nSPS) is 12.2. The van der Waals surface area contributed by atoms with Crippen molar-refractivity contribution in [3.05, 3.63) is 158 Å². The fraction of sp³-hybridized carbons (Fsp3) is 0. The molecule has 0 atom stereocenters. The Bertz CT molecular complexity index is 3280. The van der Waals surface area contributed by atoms with Gasteiger partial charge in [0.25, 0.3) is 0 Å². The van der Waals surface area contributed by atoms with Crippen molar-refractivity contribution in [2.24, 2.45) is 0 Å². The number of para-hydroxylation sites is 1. The van der Waals surface area contributed by atoms with Crippen molar-refractivity contribution >= 4 is 76.1 Å². The highest BCUT2D eigenvalue weighted by Gasteiger charge is 2.26. The molecule has 0 aliphatic heterocycles. The molecule has 0 spiro atoms. The summed E-state index contributed by atoms with van der Waals surface area (Å²) < 4.78 is 9.04. The first-order valence-corrected chi connectivity index (χ1v) is 17.5. The fourth-order valence-corrected chi connectivity index (χ4v) is 8.53. The number of nitrogens with zero attached hydrogens (tertiary/aromatic N) is 4. The van der Waals surface area contributed by atoms with E-state index in [0.717, 1.165) is 50.0 Å². The van der Waals surface area contributed by atoms with Gasteiger partial charge < -0.3 is 8.98 Å². The molecule has 3 heterocycles. The van der Waals surface area contributed by atoms with Crippen LogP contribution in [-0.2, 0) is 0 Å². The van der Waals surface area contributed by atoms with Gasteiger partial charge in [0.1, 0.15) is 11.2 Å².